The summed E-state index contributed by atoms with van der Waals surface area (Å²) in [7, 11) is 0. The molecule has 0 unspecified atom stereocenters. The lowest BCUT2D eigenvalue weighted by atomic mass is 9.99. The molecule has 0 bridgehead atoms. The fraction of sp³-hybridized carbons (Fsp3) is 0. The van der Waals surface area contributed by atoms with E-state index in [9.17, 15) is 0 Å². The third-order valence-electron chi connectivity index (χ3n) is 9.73. The third kappa shape index (κ3) is 3.85. The van der Waals surface area contributed by atoms with Crippen LogP contribution in [0.4, 0.5) is 11.4 Å². The summed E-state index contributed by atoms with van der Waals surface area (Å²) < 4.78 is 11.2. The molecule has 0 radical (unpaired) electrons. The standard InChI is InChI=1S/C44H24N4O/c1-45-28-17-22-39(48-38-14-8-6-12-31(38)37-26-29(46-2)18-23-41(37)48)35(25-28)27-16-21-40-36(24-27)33-19-20-34-32-13-7-9-15-42(32)49-44(34)43(33)47(40)30-10-4-3-5-11-30/h3-26H. The lowest BCUT2D eigenvalue weighted by Crippen LogP contribution is -1.97. The van der Waals surface area contributed by atoms with Crippen LogP contribution in [0.15, 0.2) is 150 Å². The molecular formula is C44H24N4O. The molecule has 5 heteroatoms. The molecular weight excluding hydrogens is 601 g/mol. The van der Waals surface area contributed by atoms with Crippen LogP contribution in [-0.2, 0) is 0 Å². The Morgan fingerprint density at radius 3 is 1.98 bits per heavy atom. The van der Waals surface area contributed by atoms with Crippen LogP contribution in [-0.4, -0.2) is 9.13 Å². The summed E-state index contributed by atoms with van der Waals surface area (Å²) in [6.07, 6.45) is 0. The summed E-state index contributed by atoms with van der Waals surface area (Å²) in [6, 6.07) is 49.7. The van der Waals surface area contributed by atoms with Crippen molar-refractivity contribution in [1.29, 1.82) is 0 Å². The van der Waals surface area contributed by atoms with Crippen molar-refractivity contribution in [2.75, 3.05) is 0 Å². The molecule has 0 aliphatic heterocycles. The number of hydrogen-bond acceptors (Lipinski definition) is 1. The number of nitrogens with zero attached hydrogens (tertiary/aromatic N) is 4. The first-order valence-corrected chi connectivity index (χ1v) is 16.1. The molecule has 49 heavy (non-hydrogen) atoms. The van der Waals surface area contributed by atoms with Crippen molar-refractivity contribution in [3.8, 4) is 22.5 Å². The van der Waals surface area contributed by atoms with E-state index in [4.69, 9.17) is 17.6 Å². The van der Waals surface area contributed by atoms with Gasteiger partial charge in [0.25, 0.3) is 0 Å². The van der Waals surface area contributed by atoms with E-state index >= 15 is 0 Å². The molecule has 3 aromatic heterocycles. The minimum Gasteiger partial charge on any atom is -0.454 e. The first kappa shape index (κ1) is 27.1. The van der Waals surface area contributed by atoms with E-state index in [1.807, 2.05) is 66.7 Å². The van der Waals surface area contributed by atoms with Crippen LogP contribution < -0.4 is 0 Å². The number of fused-ring (bicyclic) bond motifs is 10. The van der Waals surface area contributed by atoms with Gasteiger partial charge in [0.15, 0.2) is 17.0 Å². The highest BCUT2D eigenvalue weighted by Crippen LogP contribution is 2.43. The summed E-state index contributed by atoms with van der Waals surface area (Å²) in [6.45, 7) is 15.5. The minimum atomic E-state index is 0.575. The monoisotopic (exact) mass is 624 g/mol. The van der Waals surface area contributed by atoms with Gasteiger partial charge >= 0.3 is 0 Å². The highest BCUT2D eigenvalue weighted by atomic mass is 16.3. The number of hydrogen-bond donors (Lipinski definition) is 0. The van der Waals surface area contributed by atoms with Gasteiger partial charge in [-0.05, 0) is 83.2 Å². The average Bonchev–Trinajstić information content (AvgIpc) is 3.82. The summed E-state index contributed by atoms with van der Waals surface area (Å²) in [4.78, 5) is 7.53. The highest BCUT2D eigenvalue weighted by Gasteiger charge is 2.21. The lowest BCUT2D eigenvalue weighted by molar-refractivity contribution is 0.671. The quantitative estimate of drug-likeness (QED) is 0.180. The van der Waals surface area contributed by atoms with E-state index in [0.717, 1.165) is 88.1 Å². The molecule has 0 aliphatic carbocycles. The minimum absolute atomic E-state index is 0.575. The Hall–Kier alpha value is -7.08. The molecule has 0 aliphatic rings. The molecule has 0 saturated heterocycles. The van der Waals surface area contributed by atoms with Crippen molar-refractivity contribution in [1.82, 2.24) is 9.13 Å². The Kier molecular flexibility index (Phi) is 5.64. The van der Waals surface area contributed by atoms with Gasteiger partial charge in [0, 0.05) is 32.6 Å². The van der Waals surface area contributed by atoms with E-state index in [1.54, 1.807) is 0 Å². The molecule has 0 atom stereocenters. The van der Waals surface area contributed by atoms with Crippen molar-refractivity contribution in [2.24, 2.45) is 0 Å². The van der Waals surface area contributed by atoms with Crippen LogP contribution in [0.2, 0.25) is 0 Å². The molecule has 0 saturated carbocycles. The third-order valence-corrected chi connectivity index (χ3v) is 9.73. The van der Waals surface area contributed by atoms with Gasteiger partial charge in [-0.3, -0.25) is 0 Å². The zero-order valence-corrected chi connectivity index (χ0v) is 26.1. The summed E-state index contributed by atoms with van der Waals surface area (Å²) in [5.41, 5.74) is 11.1. The zero-order chi connectivity index (χ0) is 32.6. The van der Waals surface area contributed by atoms with Crippen LogP contribution >= 0.6 is 0 Å². The Labute approximate surface area is 280 Å². The number of para-hydroxylation sites is 3. The molecule has 0 N–H and O–H groups in total. The topological polar surface area (TPSA) is 31.7 Å². The van der Waals surface area contributed by atoms with Crippen LogP contribution in [0, 0.1) is 13.1 Å². The number of rotatable bonds is 3. The molecule has 0 amide bonds. The van der Waals surface area contributed by atoms with E-state index in [2.05, 4.69) is 97.7 Å². The predicted molar refractivity (Wildman–Crippen MR) is 200 cm³/mol. The first-order chi connectivity index (χ1) is 24.2. The molecule has 0 fully saturated rings. The van der Waals surface area contributed by atoms with Crippen molar-refractivity contribution in [3.05, 3.63) is 168 Å². The molecule has 10 rings (SSSR count). The van der Waals surface area contributed by atoms with Gasteiger partial charge in [0.05, 0.1) is 40.9 Å². The van der Waals surface area contributed by atoms with Gasteiger partial charge < -0.3 is 13.6 Å². The Balaban J connectivity index is 1.29. The van der Waals surface area contributed by atoms with Crippen LogP contribution in [0.5, 0.6) is 0 Å². The SMILES string of the molecule is [C-]#[N+]c1ccc(-n2c3ccccc3c3cc([N+]#[C-])ccc32)c(-c2ccc3c(c2)c2ccc4c5ccccc5oc4c2n3-c2ccccc2)c1. The smallest absolute Gasteiger partial charge is 0.188 e. The normalized spacial score (nSPS) is 11.6. The fourth-order valence-corrected chi connectivity index (χ4v) is 7.60. The largest absolute Gasteiger partial charge is 0.454 e. The predicted octanol–water partition coefficient (Wildman–Crippen LogP) is 12.5. The number of aromatic nitrogens is 2. The zero-order valence-electron chi connectivity index (χ0n) is 26.1. The maximum atomic E-state index is 7.89. The summed E-state index contributed by atoms with van der Waals surface area (Å²) in [5, 5.41) is 6.49. The average molecular weight is 625 g/mol. The van der Waals surface area contributed by atoms with Crippen LogP contribution in [0.25, 0.3) is 97.7 Å². The second-order valence-electron chi connectivity index (χ2n) is 12.3. The summed E-state index contributed by atoms with van der Waals surface area (Å²) in [5.74, 6) is 0. The molecule has 226 valence electrons. The van der Waals surface area contributed by atoms with Crippen molar-refractivity contribution in [2.45, 2.75) is 0 Å². The van der Waals surface area contributed by atoms with Gasteiger partial charge in [0.2, 0.25) is 0 Å². The number of benzene rings is 7. The Morgan fingerprint density at radius 2 is 1.12 bits per heavy atom. The van der Waals surface area contributed by atoms with E-state index in [0.29, 0.717) is 11.4 Å². The fourth-order valence-electron chi connectivity index (χ4n) is 7.60. The number of furan rings is 1. The van der Waals surface area contributed by atoms with Crippen molar-refractivity contribution in [3.63, 3.8) is 0 Å². The molecule has 5 nitrogen and oxygen atoms in total. The molecule has 0 spiro atoms. The van der Waals surface area contributed by atoms with Crippen molar-refractivity contribution >= 4 is 76.9 Å². The van der Waals surface area contributed by atoms with Gasteiger partial charge in [-0.1, -0.05) is 78.9 Å². The molecule has 10 aromatic rings. The van der Waals surface area contributed by atoms with E-state index in [-0.39, 0.29) is 0 Å². The van der Waals surface area contributed by atoms with E-state index < -0.39 is 0 Å². The van der Waals surface area contributed by atoms with Gasteiger partial charge in [0.1, 0.15) is 5.58 Å². The first-order valence-electron chi connectivity index (χ1n) is 16.1. The molecule has 3 heterocycles. The van der Waals surface area contributed by atoms with Crippen LogP contribution in [0.1, 0.15) is 0 Å². The van der Waals surface area contributed by atoms with Gasteiger partial charge in [-0.25, -0.2) is 9.69 Å². The maximum absolute atomic E-state index is 7.89. The van der Waals surface area contributed by atoms with Gasteiger partial charge in [-0.15, -0.1) is 0 Å². The lowest BCUT2D eigenvalue weighted by Gasteiger charge is -2.15. The van der Waals surface area contributed by atoms with Crippen molar-refractivity contribution < 1.29 is 4.42 Å². The summed E-state index contributed by atoms with van der Waals surface area (Å²) >= 11 is 0. The molecule has 7 aromatic carbocycles. The highest BCUT2D eigenvalue weighted by molar-refractivity contribution is 6.22. The Morgan fingerprint density at radius 1 is 0.469 bits per heavy atom. The van der Waals surface area contributed by atoms with Gasteiger partial charge in [-0.2, -0.15) is 0 Å². The second-order valence-corrected chi connectivity index (χ2v) is 12.3. The van der Waals surface area contributed by atoms with Crippen LogP contribution in [0.3, 0.4) is 0 Å². The maximum Gasteiger partial charge on any atom is 0.188 e. The van der Waals surface area contributed by atoms with E-state index in [1.165, 1.54) is 0 Å². The second kappa shape index (κ2) is 10.2. The Bertz CT molecular complexity index is 3070.